The maximum atomic E-state index is 13.6. The van der Waals surface area contributed by atoms with Crippen LogP contribution < -0.4 is 15.2 Å². The molecule has 0 saturated carbocycles. The Morgan fingerprint density at radius 1 is 1.25 bits per heavy atom. The van der Waals surface area contributed by atoms with Gasteiger partial charge >= 0.3 is 0 Å². The second kappa shape index (κ2) is 5.83. The topological polar surface area (TPSA) is 70.3 Å². The van der Waals surface area contributed by atoms with Gasteiger partial charge in [-0.3, -0.25) is 0 Å². The summed E-state index contributed by atoms with van der Waals surface area (Å²) in [7, 11) is 2.95. The summed E-state index contributed by atoms with van der Waals surface area (Å²) >= 11 is 0. The van der Waals surface area contributed by atoms with Crippen molar-refractivity contribution in [2.75, 3.05) is 14.2 Å². The van der Waals surface area contributed by atoms with Crippen LogP contribution in [0.3, 0.4) is 0 Å². The van der Waals surface area contributed by atoms with Gasteiger partial charge in [-0.2, -0.15) is 4.98 Å². The normalized spacial score (nSPS) is 12.1. The number of hydrogen-bond acceptors (Lipinski definition) is 5. The minimum atomic E-state index is -0.626. The Labute approximate surface area is 116 Å². The maximum Gasteiger partial charge on any atom is 0.240 e. The lowest BCUT2D eigenvalue weighted by atomic mass is 10.0. The molecule has 2 rings (SSSR count). The van der Waals surface area contributed by atoms with Crippen LogP contribution in [-0.2, 0) is 0 Å². The molecular formula is C14H16FN3O2. The highest BCUT2D eigenvalue weighted by Crippen LogP contribution is 2.27. The molecule has 0 bridgehead atoms. The smallest absolute Gasteiger partial charge is 0.240 e. The van der Waals surface area contributed by atoms with E-state index in [1.54, 1.807) is 19.1 Å². The summed E-state index contributed by atoms with van der Waals surface area (Å²) in [6.07, 6.45) is 1.45. The van der Waals surface area contributed by atoms with E-state index < -0.39 is 6.04 Å². The molecule has 0 aliphatic rings. The third-order valence-electron chi connectivity index (χ3n) is 3.00. The number of halogens is 1. The van der Waals surface area contributed by atoms with Gasteiger partial charge in [-0.25, -0.2) is 9.37 Å². The van der Waals surface area contributed by atoms with Gasteiger partial charge in [0, 0.05) is 0 Å². The van der Waals surface area contributed by atoms with Gasteiger partial charge in [0.05, 0.1) is 26.5 Å². The number of aryl methyl sites for hydroxylation is 1. The molecule has 0 aliphatic carbocycles. The zero-order valence-corrected chi connectivity index (χ0v) is 11.6. The van der Waals surface area contributed by atoms with Gasteiger partial charge in [0.1, 0.15) is 11.5 Å². The number of methoxy groups -OCH3 is 2. The van der Waals surface area contributed by atoms with E-state index in [9.17, 15) is 4.39 Å². The first kappa shape index (κ1) is 14.2. The van der Waals surface area contributed by atoms with E-state index in [1.165, 1.54) is 26.5 Å². The molecule has 0 aliphatic heterocycles. The fourth-order valence-corrected chi connectivity index (χ4v) is 1.79. The maximum absolute atomic E-state index is 13.6. The van der Waals surface area contributed by atoms with Gasteiger partial charge in [0.15, 0.2) is 0 Å². The number of aromatic nitrogens is 2. The summed E-state index contributed by atoms with van der Waals surface area (Å²) in [4.78, 5) is 8.30. The Balaban J connectivity index is 2.41. The lowest BCUT2D eigenvalue weighted by Gasteiger charge is -2.15. The lowest BCUT2D eigenvalue weighted by Crippen LogP contribution is -2.16. The predicted molar refractivity (Wildman–Crippen MR) is 72.3 cm³/mol. The summed E-state index contributed by atoms with van der Waals surface area (Å²) in [5, 5.41) is 0. The van der Waals surface area contributed by atoms with Crippen molar-refractivity contribution in [2.45, 2.75) is 13.0 Å². The molecule has 1 atom stereocenters. The number of hydrogen-bond donors (Lipinski definition) is 1. The van der Waals surface area contributed by atoms with Crippen LogP contribution in [0.25, 0.3) is 0 Å². The molecule has 0 fully saturated rings. The highest BCUT2D eigenvalue weighted by molar-refractivity contribution is 5.35. The Hall–Kier alpha value is -2.21. The number of nitrogens with two attached hydrogens (primary N) is 1. The quantitative estimate of drug-likeness (QED) is 0.925. The predicted octanol–water partition coefficient (Wildman–Crippen LogP) is 1.99. The largest absolute Gasteiger partial charge is 0.480 e. The monoisotopic (exact) mass is 277 g/mol. The lowest BCUT2D eigenvalue weighted by molar-refractivity contribution is 0.355. The molecule has 6 heteroatoms. The van der Waals surface area contributed by atoms with E-state index in [-0.39, 0.29) is 11.7 Å². The Bertz CT molecular complexity index is 619. The summed E-state index contributed by atoms with van der Waals surface area (Å²) in [5.41, 5.74) is 7.71. The molecule has 0 radical (unpaired) electrons. The van der Waals surface area contributed by atoms with E-state index >= 15 is 0 Å². The van der Waals surface area contributed by atoms with Gasteiger partial charge < -0.3 is 15.2 Å². The number of ether oxygens (including phenoxy) is 2. The second-order valence-electron chi connectivity index (χ2n) is 4.29. The average Bonchev–Trinajstić information content (AvgIpc) is 2.48. The van der Waals surface area contributed by atoms with Crippen LogP contribution >= 0.6 is 0 Å². The van der Waals surface area contributed by atoms with Crippen molar-refractivity contribution in [2.24, 2.45) is 5.73 Å². The van der Waals surface area contributed by atoms with Crippen molar-refractivity contribution >= 4 is 0 Å². The minimum Gasteiger partial charge on any atom is -0.480 e. The third kappa shape index (κ3) is 2.70. The Morgan fingerprint density at radius 3 is 2.60 bits per heavy atom. The third-order valence-corrected chi connectivity index (χ3v) is 3.00. The van der Waals surface area contributed by atoms with Crippen molar-refractivity contribution in [1.29, 1.82) is 0 Å². The van der Waals surface area contributed by atoms with Crippen molar-refractivity contribution < 1.29 is 13.9 Å². The molecule has 106 valence electrons. The first-order chi connectivity index (χ1) is 9.56. The van der Waals surface area contributed by atoms with Crippen molar-refractivity contribution in [1.82, 2.24) is 9.97 Å². The van der Waals surface area contributed by atoms with Crippen LogP contribution in [0.4, 0.5) is 4.39 Å². The van der Waals surface area contributed by atoms with E-state index in [1.807, 2.05) is 0 Å². The molecule has 1 heterocycles. The molecule has 2 N–H and O–H groups in total. The molecular weight excluding hydrogens is 261 g/mol. The van der Waals surface area contributed by atoms with Crippen molar-refractivity contribution in [3.8, 4) is 11.8 Å². The summed E-state index contributed by atoms with van der Waals surface area (Å²) in [6.45, 7) is 1.69. The summed E-state index contributed by atoms with van der Waals surface area (Å²) in [6, 6.07) is 4.20. The first-order valence-corrected chi connectivity index (χ1v) is 6.03. The number of nitrogens with zero attached hydrogens (tertiary/aromatic N) is 2. The molecule has 0 amide bonds. The molecule has 0 spiro atoms. The molecule has 0 saturated heterocycles. The van der Waals surface area contributed by atoms with E-state index in [0.717, 1.165) is 0 Å². The molecule has 1 aromatic carbocycles. The van der Waals surface area contributed by atoms with Crippen LogP contribution in [0.1, 0.15) is 22.9 Å². The van der Waals surface area contributed by atoms with Crippen LogP contribution in [0, 0.1) is 12.7 Å². The first-order valence-electron chi connectivity index (χ1n) is 6.03. The van der Waals surface area contributed by atoms with Gasteiger partial charge in [-0.05, 0) is 24.1 Å². The zero-order valence-electron chi connectivity index (χ0n) is 11.6. The van der Waals surface area contributed by atoms with Crippen molar-refractivity contribution in [3.05, 3.63) is 47.0 Å². The van der Waals surface area contributed by atoms with E-state index in [4.69, 9.17) is 15.2 Å². The van der Waals surface area contributed by atoms with Gasteiger partial charge in [-0.15, -0.1) is 0 Å². The standard InChI is InChI=1S/C14H16FN3O2/c1-8-4-5-9(6-10(8)15)12(16)13-14(20-3)18-11(19-2)7-17-13/h4-7,12H,16H2,1-3H3. The number of benzene rings is 1. The highest BCUT2D eigenvalue weighted by atomic mass is 19.1. The van der Waals surface area contributed by atoms with E-state index in [2.05, 4.69) is 9.97 Å². The number of rotatable bonds is 4. The summed E-state index contributed by atoms with van der Waals surface area (Å²) in [5.74, 6) is 0.282. The summed E-state index contributed by atoms with van der Waals surface area (Å²) < 4.78 is 23.7. The molecule has 20 heavy (non-hydrogen) atoms. The Kier molecular flexibility index (Phi) is 4.14. The molecule has 1 unspecified atom stereocenters. The fraction of sp³-hybridized carbons (Fsp3) is 0.286. The van der Waals surface area contributed by atoms with Crippen LogP contribution in [0.2, 0.25) is 0 Å². The zero-order chi connectivity index (χ0) is 14.7. The van der Waals surface area contributed by atoms with Crippen LogP contribution in [0.5, 0.6) is 11.8 Å². The SMILES string of the molecule is COc1cnc(C(N)c2ccc(C)c(F)c2)c(OC)n1. The molecule has 5 nitrogen and oxygen atoms in total. The Morgan fingerprint density at radius 2 is 2.00 bits per heavy atom. The average molecular weight is 277 g/mol. The second-order valence-corrected chi connectivity index (χ2v) is 4.29. The fourth-order valence-electron chi connectivity index (χ4n) is 1.79. The molecule has 1 aromatic heterocycles. The van der Waals surface area contributed by atoms with Crippen LogP contribution in [0.15, 0.2) is 24.4 Å². The minimum absolute atomic E-state index is 0.262. The van der Waals surface area contributed by atoms with Gasteiger partial charge in [0.2, 0.25) is 11.8 Å². The van der Waals surface area contributed by atoms with Gasteiger partial charge in [-0.1, -0.05) is 12.1 Å². The molecule has 2 aromatic rings. The van der Waals surface area contributed by atoms with Crippen LogP contribution in [-0.4, -0.2) is 24.2 Å². The van der Waals surface area contributed by atoms with E-state index in [0.29, 0.717) is 22.7 Å². The van der Waals surface area contributed by atoms with Gasteiger partial charge in [0.25, 0.3) is 0 Å². The highest BCUT2D eigenvalue weighted by Gasteiger charge is 2.18. The van der Waals surface area contributed by atoms with Crippen molar-refractivity contribution in [3.63, 3.8) is 0 Å².